The van der Waals surface area contributed by atoms with E-state index in [0.717, 1.165) is 12.8 Å². The van der Waals surface area contributed by atoms with Gasteiger partial charge in [0.25, 0.3) is 0 Å². The number of unbranched alkanes of at least 4 members (excludes halogenated alkanes) is 3. The molecule has 0 aromatic carbocycles. The summed E-state index contributed by atoms with van der Waals surface area (Å²) in [6.07, 6.45) is 11.3. The number of carbonyl (C=O) groups excluding carboxylic acids is 1. The first-order chi connectivity index (χ1) is 7.20. The van der Waals surface area contributed by atoms with Crippen LogP contribution in [0.15, 0.2) is 24.8 Å². The van der Waals surface area contributed by atoms with Crippen LogP contribution in [0.3, 0.4) is 0 Å². The number of rotatable bonds is 8. The van der Waals surface area contributed by atoms with E-state index in [4.69, 9.17) is 4.74 Å². The van der Waals surface area contributed by atoms with E-state index in [1.54, 1.807) is 6.08 Å². The van der Waals surface area contributed by atoms with Crippen LogP contribution in [0, 0.1) is 0 Å². The lowest BCUT2D eigenvalue weighted by molar-refractivity contribution is -0.143. The molecule has 0 heterocycles. The summed E-state index contributed by atoms with van der Waals surface area (Å²) in [7, 11) is 0. The monoisotopic (exact) mass is 210 g/mol. The van der Waals surface area contributed by atoms with Crippen LogP contribution in [0.1, 0.15) is 46.0 Å². The van der Waals surface area contributed by atoms with Gasteiger partial charge in [-0.25, -0.2) is 0 Å². The Kier molecular flexibility index (Phi) is 8.84. The molecule has 0 aliphatic rings. The normalized spacial score (nSPS) is 12.7. The predicted octanol–water partition coefficient (Wildman–Crippen LogP) is 3.63. The van der Waals surface area contributed by atoms with Gasteiger partial charge in [-0.1, -0.05) is 44.6 Å². The number of esters is 1. The molecule has 0 amide bonds. The van der Waals surface area contributed by atoms with Crippen molar-refractivity contribution in [3.63, 3.8) is 0 Å². The highest BCUT2D eigenvalue weighted by atomic mass is 16.5. The molecule has 0 bridgehead atoms. The van der Waals surface area contributed by atoms with E-state index >= 15 is 0 Å². The summed E-state index contributed by atoms with van der Waals surface area (Å²) >= 11 is 0. The van der Waals surface area contributed by atoms with Gasteiger partial charge in [-0.2, -0.15) is 0 Å². The van der Waals surface area contributed by atoms with Crippen LogP contribution in [0.5, 0.6) is 0 Å². The zero-order valence-corrected chi connectivity index (χ0v) is 9.87. The third kappa shape index (κ3) is 9.26. The number of hydrogen-bond donors (Lipinski definition) is 0. The molecule has 0 aliphatic carbocycles. The van der Waals surface area contributed by atoms with E-state index in [-0.39, 0.29) is 12.1 Å². The maximum absolute atomic E-state index is 10.7. The Bertz CT molecular complexity index is 207. The minimum atomic E-state index is -0.251. The second kappa shape index (κ2) is 9.50. The fraction of sp³-hybridized carbons (Fsp3) is 0.615. The molecule has 0 saturated heterocycles. The first-order valence-corrected chi connectivity index (χ1v) is 5.65. The molecule has 0 N–H and O–H groups in total. The van der Waals surface area contributed by atoms with E-state index in [1.165, 1.54) is 26.2 Å². The third-order valence-corrected chi connectivity index (χ3v) is 2.09. The number of carbonyl (C=O) groups is 1. The molecular weight excluding hydrogens is 188 g/mol. The molecule has 15 heavy (non-hydrogen) atoms. The maximum atomic E-state index is 10.7. The largest absolute Gasteiger partial charge is 0.458 e. The molecule has 0 aromatic heterocycles. The molecule has 0 aliphatic heterocycles. The van der Waals surface area contributed by atoms with Crippen LogP contribution in [-0.4, -0.2) is 12.1 Å². The zero-order valence-electron chi connectivity index (χ0n) is 9.87. The number of allylic oxidation sites excluding steroid dienone is 1. The first-order valence-electron chi connectivity index (χ1n) is 5.65. The SMILES string of the molecule is C=C[C@H](C/C=C\CCCCC)OC(C)=O. The van der Waals surface area contributed by atoms with Gasteiger partial charge >= 0.3 is 5.97 Å². The molecule has 0 radical (unpaired) electrons. The van der Waals surface area contributed by atoms with Gasteiger partial charge in [0, 0.05) is 13.3 Å². The van der Waals surface area contributed by atoms with E-state index in [9.17, 15) is 4.79 Å². The molecule has 86 valence electrons. The Morgan fingerprint density at radius 1 is 1.40 bits per heavy atom. The van der Waals surface area contributed by atoms with Gasteiger partial charge in [0.05, 0.1) is 0 Å². The van der Waals surface area contributed by atoms with Gasteiger partial charge in [-0.3, -0.25) is 4.79 Å². The van der Waals surface area contributed by atoms with Crippen molar-refractivity contribution in [2.24, 2.45) is 0 Å². The zero-order chi connectivity index (χ0) is 11.5. The Balaban J connectivity index is 3.60. The van der Waals surface area contributed by atoms with Crippen LogP contribution in [0.4, 0.5) is 0 Å². The molecule has 0 rings (SSSR count). The molecular formula is C13H22O2. The highest BCUT2D eigenvalue weighted by Gasteiger charge is 2.03. The summed E-state index contributed by atoms with van der Waals surface area (Å²) in [6.45, 7) is 7.24. The van der Waals surface area contributed by atoms with Crippen molar-refractivity contribution in [3.8, 4) is 0 Å². The summed E-state index contributed by atoms with van der Waals surface area (Å²) in [5.74, 6) is -0.251. The van der Waals surface area contributed by atoms with Crippen LogP contribution in [0.2, 0.25) is 0 Å². The summed E-state index contributed by atoms with van der Waals surface area (Å²) in [4.78, 5) is 10.7. The second-order valence-electron chi connectivity index (χ2n) is 3.59. The van der Waals surface area contributed by atoms with Crippen LogP contribution in [-0.2, 0) is 9.53 Å². The Morgan fingerprint density at radius 2 is 2.13 bits per heavy atom. The average Bonchev–Trinajstić information content (AvgIpc) is 2.20. The standard InChI is InChI=1S/C13H22O2/c1-4-6-7-8-9-10-11-13(5-2)15-12(3)14/h5,9-10,13H,2,4,6-8,11H2,1,3H3/b10-9-/t13-/m1/s1. The maximum Gasteiger partial charge on any atom is 0.303 e. The Labute approximate surface area is 93.0 Å². The van der Waals surface area contributed by atoms with E-state index in [0.29, 0.717) is 0 Å². The second-order valence-corrected chi connectivity index (χ2v) is 3.59. The molecule has 2 heteroatoms. The predicted molar refractivity (Wildman–Crippen MR) is 63.7 cm³/mol. The molecule has 0 unspecified atom stereocenters. The highest BCUT2D eigenvalue weighted by molar-refractivity contribution is 5.66. The van der Waals surface area contributed by atoms with Gasteiger partial charge in [0.2, 0.25) is 0 Å². The van der Waals surface area contributed by atoms with Crippen LogP contribution >= 0.6 is 0 Å². The van der Waals surface area contributed by atoms with Crippen molar-refractivity contribution < 1.29 is 9.53 Å². The van der Waals surface area contributed by atoms with Crippen molar-refractivity contribution in [1.29, 1.82) is 0 Å². The summed E-state index contributed by atoms with van der Waals surface area (Å²) in [6, 6.07) is 0. The van der Waals surface area contributed by atoms with Gasteiger partial charge in [-0.15, -0.1) is 0 Å². The van der Waals surface area contributed by atoms with E-state index in [2.05, 4.69) is 25.7 Å². The molecule has 1 atom stereocenters. The molecule has 0 saturated carbocycles. The number of hydrogen-bond acceptors (Lipinski definition) is 2. The smallest absolute Gasteiger partial charge is 0.303 e. The lowest BCUT2D eigenvalue weighted by Crippen LogP contribution is -2.12. The van der Waals surface area contributed by atoms with Crippen molar-refractivity contribution in [3.05, 3.63) is 24.8 Å². The molecule has 0 fully saturated rings. The topological polar surface area (TPSA) is 26.3 Å². The Hall–Kier alpha value is -1.05. The minimum Gasteiger partial charge on any atom is -0.458 e. The van der Waals surface area contributed by atoms with Gasteiger partial charge in [0.15, 0.2) is 0 Å². The third-order valence-electron chi connectivity index (χ3n) is 2.09. The average molecular weight is 210 g/mol. The van der Waals surface area contributed by atoms with Crippen LogP contribution in [0.25, 0.3) is 0 Å². The van der Waals surface area contributed by atoms with E-state index < -0.39 is 0 Å². The van der Waals surface area contributed by atoms with Gasteiger partial charge in [0.1, 0.15) is 6.10 Å². The Morgan fingerprint density at radius 3 is 2.67 bits per heavy atom. The fourth-order valence-electron chi connectivity index (χ4n) is 1.27. The summed E-state index contributed by atoms with van der Waals surface area (Å²) in [5, 5.41) is 0. The van der Waals surface area contributed by atoms with Crippen molar-refractivity contribution in [2.45, 2.75) is 52.1 Å². The van der Waals surface area contributed by atoms with Crippen molar-refractivity contribution in [2.75, 3.05) is 0 Å². The summed E-state index contributed by atoms with van der Waals surface area (Å²) in [5.41, 5.74) is 0. The van der Waals surface area contributed by atoms with Crippen molar-refractivity contribution >= 4 is 5.97 Å². The minimum absolute atomic E-state index is 0.176. The van der Waals surface area contributed by atoms with Gasteiger partial charge < -0.3 is 4.74 Å². The van der Waals surface area contributed by atoms with Crippen LogP contribution < -0.4 is 0 Å². The number of ether oxygens (including phenoxy) is 1. The molecule has 2 nitrogen and oxygen atoms in total. The van der Waals surface area contributed by atoms with E-state index in [1.807, 2.05) is 0 Å². The summed E-state index contributed by atoms with van der Waals surface area (Å²) < 4.78 is 5.02. The quantitative estimate of drug-likeness (QED) is 0.347. The fourth-order valence-corrected chi connectivity index (χ4v) is 1.27. The lowest BCUT2D eigenvalue weighted by atomic mass is 10.1. The highest BCUT2D eigenvalue weighted by Crippen LogP contribution is 2.04. The van der Waals surface area contributed by atoms with Crippen molar-refractivity contribution in [1.82, 2.24) is 0 Å². The van der Waals surface area contributed by atoms with Gasteiger partial charge in [-0.05, 0) is 12.8 Å². The molecule has 0 aromatic rings. The first kappa shape index (κ1) is 13.9. The lowest BCUT2D eigenvalue weighted by Gasteiger charge is -2.09. The molecule has 0 spiro atoms.